The topological polar surface area (TPSA) is 101 Å². The van der Waals surface area contributed by atoms with E-state index in [1.54, 1.807) is 6.33 Å². The van der Waals surface area contributed by atoms with Gasteiger partial charge in [-0.05, 0) is 60.7 Å². The number of aryl methyl sites for hydroxylation is 1. The van der Waals surface area contributed by atoms with E-state index in [-0.39, 0.29) is 11.3 Å². The molecule has 2 N–H and O–H groups in total. The van der Waals surface area contributed by atoms with Crippen LogP contribution in [0.4, 0.5) is 5.69 Å². The number of likely N-dealkylation sites (tertiary alicyclic amines) is 1. The molecule has 0 bridgehead atoms. The molecule has 1 amide bonds. The van der Waals surface area contributed by atoms with Crippen LogP contribution in [0.2, 0.25) is 0 Å². The molecule has 3 aromatic heterocycles. The van der Waals surface area contributed by atoms with Crippen molar-refractivity contribution in [2.24, 2.45) is 13.0 Å². The molecule has 5 heterocycles. The molecule has 0 unspecified atom stereocenters. The number of fused-ring (bicyclic) bond motifs is 1. The van der Waals surface area contributed by atoms with Crippen molar-refractivity contribution in [1.29, 1.82) is 0 Å². The maximum Gasteiger partial charge on any atom is 0.274 e. The van der Waals surface area contributed by atoms with E-state index >= 15 is 0 Å². The summed E-state index contributed by atoms with van der Waals surface area (Å²) < 4.78 is 7.57. The molecule has 0 aliphatic carbocycles. The minimum Gasteiger partial charge on any atom is -0.379 e. The van der Waals surface area contributed by atoms with Crippen LogP contribution in [0, 0.1) is 5.92 Å². The van der Waals surface area contributed by atoms with Gasteiger partial charge in [0.05, 0.1) is 24.2 Å². The number of nitrogens with one attached hydrogen (secondary N) is 2. The van der Waals surface area contributed by atoms with Gasteiger partial charge in [0.15, 0.2) is 0 Å². The highest BCUT2D eigenvalue weighted by Gasteiger charge is 2.41. The fourth-order valence-corrected chi connectivity index (χ4v) is 5.63. The molecule has 2 aliphatic rings. The molecule has 0 radical (unpaired) electrons. The SMILES string of the molecule is C[C@H]1CCCN(Cc2cc(C(=O)Nc3cccc(C4(Cc5nncn5C)COC4)c3)nc3cc[nH]c23)C1. The van der Waals surface area contributed by atoms with Crippen LogP contribution in [0.1, 0.15) is 47.2 Å². The first-order valence-corrected chi connectivity index (χ1v) is 13.0. The number of hydrogen-bond donors (Lipinski definition) is 2. The lowest BCUT2D eigenvalue weighted by molar-refractivity contribution is -0.0610. The van der Waals surface area contributed by atoms with Gasteiger partial charge in [0.1, 0.15) is 17.8 Å². The predicted octanol–water partition coefficient (Wildman–Crippen LogP) is 3.69. The second-order valence-corrected chi connectivity index (χ2v) is 10.7. The fraction of sp³-hybridized carbons (Fsp3) is 0.429. The van der Waals surface area contributed by atoms with Gasteiger partial charge in [0, 0.05) is 43.9 Å². The first-order chi connectivity index (χ1) is 18.0. The Morgan fingerprint density at radius 1 is 1.27 bits per heavy atom. The van der Waals surface area contributed by atoms with Gasteiger partial charge in [-0.2, -0.15) is 0 Å². The molecule has 4 aromatic rings. The monoisotopic (exact) mass is 499 g/mol. The summed E-state index contributed by atoms with van der Waals surface area (Å²) in [6.45, 7) is 6.51. The molecular formula is C28H33N7O2. The van der Waals surface area contributed by atoms with Crippen molar-refractivity contribution >= 4 is 22.6 Å². The van der Waals surface area contributed by atoms with Crippen LogP contribution in [0.5, 0.6) is 0 Å². The molecule has 37 heavy (non-hydrogen) atoms. The minimum absolute atomic E-state index is 0.178. The van der Waals surface area contributed by atoms with E-state index in [1.165, 1.54) is 12.8 Å². The molecule has 2 saturated heterocycles. The largest absolute Gasteiger partial charge is 0.379 e. The summed E-state index contributed by atoms with van der Waals surface area (Å²) in [4.78, 5) is 23.8. The Balaban J connectivity index is 1.23. The van der Waals surface area contributed by atoms with Crippen molar-refractivity contribution in [3.8, 4) is 0 Å². The lowest BCUT2D eigenvalue weighted by atomic mass is 9.75. The van der Waals surface area contributed by atoms with Crippen LogP contribution in [-0.2, 0) is 30.2 Å². The Hall–Kier alpha value is -3.56. The summed E-state index contributed by atoms with van der Waals surface area (Å²) in [5.41, 5.74) is 5.05. The number of aromatic nitrogens is 5. The molecule has 9 nitrogen and oxygen atoms in total. The Bertz CT molecular complexity index is 1420. The third kappa shape index (κ3) is 4.76. The number of aromatic amines is 1. The molecule has 2 fully saturated rings. The zero-order valence-corrected chi connectivity index (χ0v) is 21.4. The number of nitrogens with zero attached hydrogens (tertiary/aromatic N) is 5. The first kappa shape index (κ1) is 23.8. The van der Waals surface area contributed by atoms with E-state index in [1.807, 2.05) is 48.1 Å². The molecule has 1 aromatic carbocycles. The van der Waals surface area contributed by atoms with Crippen LogP contribution in [0.25, 0.3) is 11.0 Å². The molecule has 2 aliphatic heterocycles. The molecular weight excluding hydrogens is 466 g/mol. The maximum atomic E-state index is 13.4. The number of rotatable bonds is 7. The summed E-state index contributed by atoms with van der Waals surface area (Å²) in [7, 11) is 1.95. The number of hydrogen-bond acceptors (Lipinski definition) is 6. The summed E-state index contributed by atoms with van der Waals surface area (Å²) >= 11 is 0. The third-order valence-corrected chi connectivity index (χ3v) is 7.76. The Kier molecular flexibility index (Phi) is 6.26. The van der Waals surface area contributed by atoms with Crippen LogP contribution >= 0.6 is 0 Å². The van der Waals surface area contributed by atoms with Crippen molar-refractivity contribution in [2.75, 3.05) is 31.6 Å². The smallest absolute Gasteiger partial charge is 0.274 e. The van der Waals surface area contributed by atoms with E-state index in [2.05, 4.69) is 43.4 Å². The number of pyridine rings is 1. The van der Waals surface area contributed by atoms with Crippen molar-refractivity contribution in [1.82, 2.24) is 29.6 Å². The van der Waals surface area contributed by atoms with Crippen LogP contribution in [0.15, 0.2) is 48.9 Å². The summed E-state index contributed by atoms with van der Waals surface area (Å²) in [5, 5.41) is 11.4. The average Bonchev–Trinajstić information content (AvgIpc) is 3.50. The number of piperidine rings is 1. The predicted molar refractivity (Wildman–Crippen MR) is 141 cm³/mol. The van der Waals surface area contributed by atoms with Gasteiger partial charge in [-0.15, -0.1) is 10.2 Å². The van der Waals surface area contributed by atoms with Gasteiger partial charge in [0.2, 0.25) is 0 Å². The van der Waals surface area contributed by atoms with E-state index in [0.717, 1.165) is 59.7 Å². The first-order valence-electron chi connectivity index (χ1n) is 13.0. The second-order valence-electron chi connectivity index (χ2n) is 10.7. The molecule has 0 saturated carbocycles. The van der Waals surface area contributed by atoms with Gasteiger partial charge < -0.3 is 19.6 Å². The lowest BCUT2D eigenvalue weighted by Crippen LogP contribution is -2.49. The standard InChI is InChI=1S/C28H33N7O2/c1-19-5-4-10-35(14-19)15-20-11-24(32-23-8-9-29-26(20)23)27(36)31-22-7-3-6-21(12-22)28(16-37-17-28)13-25-33-30-18-34(25)2/h3,6-9,11-12,18-19,29H,4-5,10,13-17H2,1-2H3,(H,31,36)/t19-/m0/s1. The summed E-state index contributed by atoms with van der Waals surface area (Å²) in [6.07, 6.45) is 6.83. The van der Waals surface area contributed by atoms with Crippen molar-refractivity contribution in [2.45, 2.75) is 38.1 Å². The number of carbonyl (C=O) groups is 1. The Morgan fingerprint density at radius 3 is 2.92 bits per heavy atom. The normalized spacial score (nSPS) is 19.6. The zero-order chi connectivity index (χ0) is 25.4. The van der Waals surface area contributed by atoms with E-state index in [0.29, 0.717) is 24.8 Å². The number of anilines is 1. The maximum absolute atomic E-state index is 13.4. The van der Waals surface area contributed by atoms with E-state index in [9.17, 15) is 4.79 Å². The van der Waals surface area contributed by atoms with Crippen molar-refractivity contribution in [3.63, 3.8) is 0 Å². The third-order valence-electron chi connectivity index (χ3n) is 7.76. The lowest BCUT2D eigenvalue weighted by Gasteiger charge is -2.41. The van der Waals surface area contributed by atoms with Gasteiger partial charge >= 0.3 is 0 Å². The van der Waals surface area contributed by atoms with Crippen molar-refractivity contribution in [3.05, 3.63) is 71.6 Å². The van der Waals surface area contributed by atoms with Crippen LogP contribution in [0.3, 0.4) is 0 Å². The molecule has 9 heteroatoms. The molecule has 6 rings (SSSR count). The molecule has 0 spiro atoms. The van der Waals surface area contributed by atoms with Crippen molar-refractivity contribution < 1.29 is 9.53 Å². The van der Waals surface area contributed by atoms with Gasteiger partial charge in [-0.1, -0.05) is 19.1 Å². The van der Waals surface area contributed by atoms with Gasteiger partial charge in [-0.3, -0.25) is 9.69 Å². The highest BCUT2D eigenvalue weighted by atomic mass is 16.5. The quantitative estimate of drug-likeness (QED) is 0.402. The van der Waals surface area contributed by atoms with E-state index in [4.69, 9.17) is 4.74 Å². The summed E-state index contributed by atoms with van der Waals surface area (Å²) in [5.74, 6) is 1.40. The van der Waals surface area contributed by atoms with Gasteiger partial charge in [-0.25, -0.2) is 4.98 Å². The fourth-order valence-electron chi connectivity index (χ4n) is 5.63. The highest BCUT2D eigenvalue weighted by Crippen LogP contribution is 2.36. The zero-order valence-electron chi connectivity index (χ0n) is 21.4. The highest BCUT2D eigenvalue weighted by molar-refractivity contribution is 6.04. The molecule has 1 atom stereocenters. The number of amides is 1. The number of ether oxygens (including phenoxy) is 1. The summed E-state index contributed by atoms with van der Waals surface area (Å²) in [6, 6.07) is 11.9. The number of H-pyrrole nitrogens is 1. The van der Waals surface area contributed by atoms with E-state index < -0.39 is 0 Å². The number of benzene rings is 1. The average molecular weight is 500 g/mol. The number of carbonyl (C=O) groups excluding carboxylic acids is 1. The minimum atomic E-state index is -0.208. The molecule has 192 valence electrons. The van der Waals surface area contributed by atoms with Crippen LogP contribution < -0.4 is 5.32 Å². The Labute approximate surface area is 216 Å². The Morgan fingerprint density at radius 2 is 2.16 bits per heavy atom. The van der Waals surface area contributed by atoms with Crippen LogP contribution in [-0.4, -0.2) is 61.8 Å². The van der Waals surface area contributed by atoms with Gasteiger partial charge in [0.25, 0.3) is 5.91 Å². The second kappa shape index (κ2) is 9.72.